The maximum atomic E-state index is 14.6. The summed E-state index contributed by atoms with van der Waals surface area (Å²) in [6.45, 7) is -0.0916. The van der Waals surface area contributed by atoms with E-state index in [9.17, 15) is 19.1 Å². The minimum absolute atomic E-state index is 0.0129. The van der Waals surface area contributed by atoms with E-state index >= 15 is 0 Å². The second-order valence-corrected chi connectivity index (χ2v) is 6.79. The number of halogens is 2. The van der Waals surface area contributed by atoms with Crippen molar-refractivity contribution in [3.05, 3.63) is 76.1 Å². The van der Waals surface area contributed by atoms with Gasteiger partial charge in [0.2, 0.25) is 0 Å². The molecule has 0 saturated carbocycles. The van der Waals surface area contributed by atoms with E-state index in [1.807, 2.05) is 0 Å². The summed E-state index contributed by atoms with van der Waals surface area (Å²) in [6, 6.07) is 10.7. The Bertz CT molecular complexity index is 944. The van der Waals surface area contributed by atoms with Gasteiger partial charge in [-0.15, -0.1) is 0 Å². The molecule has 1 fully saturated rings. The van der Waals surface area contributed by atoms with Crippen molar-refractivity contribution < 1.29 is 28.9 Å². The molecule has 29 heavy (non-hydrogen) atoms. The van der Waals surface area contributed by atoms with Gasteiger partial charge in [-0.2, -0.15) is 0 Å². The molecule has 152 valence electrons. The van der Waals surface area contributed by atoms with E-state index in [0.717, 1.165) is 0 Å². The molecular weight excluding hydrogens is 401 g/mol. The highest BCUT2D eigenvalue weighted by Crippen LogP contribution is 2.40. The van der Waals surface area contributed by atoms with Crippen molar-refractivity contribution in [2.24, 2.45) is 0 Å². The molecule has 1 aliphatic rings. The third-order valence-electron chi connectivity index (χ3n) is 4.57. The molecule has 2 aromatic rings. The summed E-state index contributed by atoms with van der Waals surface area (Å²) < 4.78 is 19.8. The smallest absolute Gasteiger partial charge is 0.295 e. The average molecular weight is 420 g/mol. The number of aliphatic hydroxyl groups is 2. The maximum Gasteiger partial charge on any atom is 0.295 e. The Labute approximate surface area is 171 Å². The predicted molar refractivity (Wildman–Crippen MR) is 105 cm³/mol. The van der Waals surface area contributed by atoms with Crippen LogP contribution in [0.15, 0.2) is 54.1 Å². The highest BCUT2D eigenvalue weighted by Gasteiger charge is 2.46. The summed E-state index contributed by atoms with van der Waals surface area (Å²) >= 11 is 5.87. The third-order valence-corrected chi connectivity index (χ3v) is 4.82. The van der Waals surface area contributed by atoms with E-state index in [4.69, 9.17) is 21.4 Å². The number of carbonyl (C=O) groups excluding carboxylic acids is 2. The monoisotopic (exact) mass is 419 g/mol. The molecule has 3 rings (SSSR count). The van der Waals surface area contributed by atoms with Gasteiger partial charge in [-0.25, -0.2) is 4.39 Å². The fourth-order valence-electron chi connectivity index (χ4n) is 3.22. The van der Waals surface area contributed by atoms with Crippen LogP contribution < -0.4 is 0 Å². The van der Waals surface area contributed by atoms with E-state index < -0.39 is 29.3 Å². The van der Waals surface area contributed by atoms with Crippen molar-refractivity contribution in [1.29, 1.82) is 0 Å². The standard InChI is InChI=1S/C21H19ClFNO5/c22-14-7-5-13(6-8-14)19(26)17-18(15-3-1-2-4-16(15)23)24(21(28)20(17)27)9-11-29-12-10-25/h1-8,18,25-26H,9-12H2. The SMILES string of the molecule is O=C1C(=O)N(CCOCCO)C(c2ccccc2F)C1=C(O)c1ccc(Cl)cc1. The quantitative estimate of drug-likeness (QED) is 0.312. The summed E-state index contributed by atoms with van der Waals surface area (Å²) in [7, 11) is 0. The van der Waals surface area contributed by atoms with E-state index in [-0.39, 0.29) is 43.1 Å². The van der Waals surface area contributed by atoms with Gasteiger partial charge in [-0.3, -0.25) is 9.59 Å². The summed E-state index contributed by atoms with van der Waals surface area (Å²) in [4.78, 5) is 26.6. The van der Waals surface area contributed by atoms with Crippen LogP contribution in [0.2, 0.25) is 5.02 Å². The number of amides is 1. The summed E-state index contributed by atoms with van der Waals surface area (Å²) in [5, 5.41) is 20.1. The minimum atomic E-state index is -1.11. The molecular formula is C21H19ClFNO5. The number of hydrogen-bond donors (Lipinski definition) is 2. The van der Waals surface area contributed by atoms with Crippen LogP contribution >= 0.6 is 11.6 Å². The Hall–Kier alpha value is -2.74. The minimum Gasteiger partial charge on any atom is -0.507 e. The first-order chi connectivity index (χ1) is 14.0. The molecule has 1 amide bonds. The number of ketones is 1. The molecule has 2 N–H and O–H groups in total. The molecule has 1 atom stereocenters. The van der Waals surface area contributed by atoms with Crippen LogP contribution in [0.5, 0.6) is 0 Å². The molecule has 1 aliphatic heterocycles. The number of Topliss-reactive ketones (excluding diaryl/α,β-unsaturated/α-hetero) is 1. The van der Waals surface area contributed by atoms with E-state index in [2.05, 4.69) is 0 Å². The van der Waals surface area contributed by atoms with Gasteiger partial charge in [0.05, 0.1) is 31.4 Å². The lowest BCUT2D eigenvalue weighted by Crippen LogP contribution is -2.33. The number of hydrogen-bond acceptors (Lipinski definition) is 5. The van der Waals surface area contributed by atoms with Crippen LogP contribution in [0.1, 0.15) is 17.2 Å². The predicted octanol–water partition coefficient (Wildman–Crippen LogP) is 2.91. The van der Waals surface area contributed by atoms with Crippen LogP contribution in [0.25, 0.3) is 5.76 Å². The maximum absolute atomic E-state index is 14.6. The summed E-state index contributed by atoms with van der Waals surface area (Å²) in [5.41, 5.74) is 0.166. The summed E-state index contributed by atoms with van der Waals surface area (Å²) in [6.07, 6.45) is 0. The molecule has 0 bridgehead atoms. The second kappa shape index (κ2) is 9.17. The Morgan fingerprint density at radius 3 is 2.45 bits per heavy atom. The number of benzene rings is 2. The lowest BCUT2D eigenvalue weighted by molar-refractivity contribution is -0.140. The highest BCUT2D eigenvalue weighted by molar-refractivity contribution is 6.46. The second-order valence-electron chi connectivity index (χ2n) is 6.36. The van der Waals surface area contributed by atoms with Crippen LogP contribution in [0, 0.1) is 5.82 Å². The van der Waals surface area contributed by atoms with E-state index in [0.29, 0.717) is 5.02 Å². The number of rotatable bonds is 7. The number of nitrogens with zero attached hydrogens (tertiary/aromatic N) is 1. The molecule has 0 radical (unpaired) electrons. The zero-order valence-corrected chi connectivity index (χ0v) is 16.1. The van der Waals surface area contributed by atoms with Crippen LogP contribution in [-0.2, 0) is 14.3 Å². The van der Waals surface area contributed by atoms with Crippen molar-refractivity contribution in [3.8, 4) is 0 Å². The Morgan fingerprint density at radius 2 is 1.79 bits per heavy atom. The van der Waals surface area contributed by atoms with Gasteiger partial charge in [-0.05, 0) is 30.3 Å². The summed E-state index contributed by atoms with van der Waals surface area (Å²) in [5.74, 6) is -2.79. The Balaban J connectivity index is 2.08. The zero-order valence-electron chi connectivity index (χ0n) is 15.3. The molecule has 0 aromatic heterocycles. The number of carbonyl (C=O) groups is 2. The van der Waals surface area contributed by atoms with Gasteiger partial charge in [0.25, 0.3) is 11.7 Å². The molecule has 1 unspecified atom stereocenters. The van der Waals surface area contributed by atoms with Gasteiger partial charge >= 0.3 is 0 Å². The van der Waals surface area contributed by atoms with Crippen LogP contribution in [0.3, 0.4) is 0 Å². The lowest BCUT2D eigenvalue weighted by atomic mass is 9.95. The number of aliphatic hydroxyl groups excluding tert-OH is 2. The Morgan fingerprint density at radius 1 is 1.10 bits per heavy atom. The molecule has 0 spiro atoms. The third kappa shape index (κ3) is 4.32. The van der Waals surface area contributed by atoms with E-state index in [1.54, 1.807) is 6.07 Å². The van der Waals surface area contributed by atoms with Gasteiger partial charge < -0.3 is 19.8 Å². The van der Waals surface area contributed by atoms with Gasteiger partial charge in [-0.1, -0.05) is 29.8 Å². The first-order valence-corrected chi connectivity index (χ1v) is 9.31. The lowest BCUT2D eigenvalue weighted by Gasteiger charge is -2.25. The zero-order chi connectivity index (χ0) is 21.0. The highest BCUT2D eigenvalue weighted by atomic mass is 35.5. The van der Waals surface area contributed by atoms with Crippen LogP contribution in [-0.4, -0.2) is 53.2 Å². The van der Waals surface area contributed by atoms with Crippen LogP contribution in [0.4, 0.5) is 4.39 Å². The molecule has 6 nitrogen and oxygen atoms in total. The number of ether oxygens (including phenoxy) is 1. The topological polar surface area (TPSA) is 87.1 Å². The average Bonchev–Trinajstić information content (AvgIpc) is 2.96. The molecule has 1 heterocycles. The van der Waals surface area contributed by atoms with Gasteiger partial charge in [0.1, 0.15) is 11.6 Å². The number of likely N-dealkylation sites (tertiary alicyclic amines) is 1. The van der Waals surface area contributed by atoms with Crippen molar-refractivity contribution in [2.75, 3.05) is 26.4 Å². The van der Waals surface area contributed by atoms with Crippen molar-refractivity contribution in [2.45, 2.75) is 6.04 Å². The largest absolute Gasteiger partial charge is 0.507 e. The van der Waals surface area contributed by atoms with Gasteiger partial charge in [0, 0.05) is 22.7 Å². The Kier molecular flexibility index (Phi) is 6.64. The van der Waals surface area contributed by atoms with Crippen molar-refractivity contribution in [1.82, 2.24) is 4.90 Å². The fourth-order valence-corrected chi connectivity index (χ4v) is 3.35. The molecule has 8 heteroatoms. The normalized spacial score (nSPS) is 18.4. The van der Waals surface area contributed by atoms with Crippen molar-refractivity contribution in [3.63, 3.8) is 0 Å². The van der Waals surface area contributed by atoms with Crippen molar-refractivity contribution >= 4 is 29.1 Å². The van der Waals surface area contributed by atoms with Gasteiger partial charge in [0.15, 0.2) is 0 Å². The first-order valence-electron chi connectivity index (χ1n) is 8.93. The van der Waals surface area contributed by atoms with E-state index in [1.165, 1.54) is 47.4 Å². The fraction of sp³-hybridized carbons (Fsp3) is 0.238. The first kappa shape index (κ1) is 21.0. The molecule has 1 saturated heterocycles. The molecule has 2 aromatic carbocycles. The molecule has 0 aliphatic carbocycles.